The first-order valence-corrected chi connectivity index (χ1v) is 20.7. The van der Waals surface area contributed by atoms with E-state index in [2.05, 4.69) is 20.5 Å². The fraction of sp³-hybridized carbons (Fsp3) is 0.452. The number of piperidine rings is 2. The first-order valence-electron chi connectivity index (χ1n) is 19.9. The molecule has 0 bridgehead atoms. The number of ether oxygens (including phenoxy) is 1. The third-order valence-corrected chi connectivity index (χ3v) is 12.0. The molecule has 2 aromatic carbocycles. The fourth-order valence-corrected chi connectivity index (χ4v) is 8.79. The summed E-state index contributed by atoms with van der Waals surface area (Å²) in [6.45, 7) is 6.12. The van der Waals surface area contributed by atoms with Gasteiger partial charge in [-0.25, -0.2) is 9.37 Å². The zero-order valence-corrected chi connectivity index (χ0v) is 33.6. The number of likely N-dealkylation sites (tertiary alicyclic amines) is 1. The van der Waals surface area contributed by atoms with Gasteiger partial charge in [0, 0.05) is 83.5 Å². The lowest BCUT2D eigenvalue weighted by molar-refractivity contribution is -0.136. The molecule has 2 aromatic heterocycles. The molecule has 2 atom stereocenters. The summed E-state index contributed by atoms with van der Waals surface area (Å²) < 4.78 is 22.3. The number of carbonyl (C=O) groups is 3. The molecule has 0 aliphatic carbocycles. The van der Waals surface area contributed by atoms with Gasteiger partial charge in [-0.3, -0.25) is 24.4 Å². The van der Waals surface area contributed by atoms with Gasteiger partial charge in [-0.1, -0.05) is 55.0 Å². The summed E-state index contributed by atoms with van der Waals surface area (Å²) in [5, 5.41) is 10.8. The number of nitrogens with one attached hydrogen (secondary N) is 2. The molecule has 4 aromatic rings. The smallest absolute Gasteiger partial charge is 0.255 e. The van der Waals surface area contributed by atoms with Crippen molar-refractivity contribution in [2.45, 2.75) is 95.9 Å². The zero-order valence-electron chi connectivity index (χ0n) is 32.1. The van der Waals surface area contributed by atoms with Crippen molar-refractivity contribution in [3.8, 4) is 16.9 Å². The maximum absolute atomic E-state index is 14.1. The number of imide groups is 1. The van der Waals surface area contributed by atoms with Gasteiger partial charge in [0.1, 0.15) is 18.0 Å². The zero-order chi connectivity index (χ0) is 40.1. The van der Waals surface area contributed by atoms with E-state index in [0.29, 0.717) is 40.9 Å². The Hall–Kier alpha value is -4.72. The molecule has 2 fully saturated rings. The average molecular weight is 820 g/mol. The minimum atomic E-state index is -0.664. The normalized spacial score (nSPS) is 18.1. The number of fused-ring (bicyclic) bond motifs is 1. The summed E-state index contributed by atoms with van der Waals surface area (Å²) >= 11 is 12.5. The number of unbranched alkanes of at least 4 members (excludes halogenated alkanes) is 5. The van der Waals surface area contributed by atoms with E-state index < -0.39 is 18.0 Å². The van der Waals surface area contributed by atoms with E-state index in [1.165, 1.54) is 37.8 Å². The highest BCUT2D eigenvalue weighted by molar-refractivity contribution is 6.36. The summed E-state index contributed by atoms with van der Waals surface area (Å²) in [6, 6.07) is 9.88. The van der Waals surface area contributed by atoms with Crippen LogP contribution in [0.4, 0.5) is 15.9 Å². The number of hydrogen-bond donors (Lipinski definition) is 3. The Labute approximate surface area is 342 Å². The van der Waals surface area contributed by atoms with Crippen molar-refractivity contribution in [1.82, 2.24) is 29.9 Å². The molecule has 3 aliphatic heterocycles. The number of nitrogens with zero attached hydrogens (tertiary/aromatic N) is 5. The highest BCUT2D eigenvalue weighted by Crippen LogP contribution is 2.37. The summed E-state index contributed by atoms with van der Waals surface area (Å²) in [5.41, 5.74) is 10.7. The second kappa shape index (κ2) is 18.3. The number of nitrogen functional groups attached to an aromatic ring is 1. The van der Waals surface area contributed by atoms with Crippen molar-refractivity contribution in [2.24, 2.45) is 0 Å². The highest BCUT2D eigenvalue weighted by atomic mass is 35.5. The number of amides is 3. The Morgan fingerprint density at radius 2 is 1.77 bits per heavy atom. The summed E-state index contributed by atoms with van der Waals surface area (Å²) in [7, 11) is 0. The maximum Gasteiger partial charge on any atom is 0.255 e. The molecule has 2 saturated heterocycles. The molecule has 2 unspecified atom stereocenters. The minimum Gasteiger partial charge on any atom is -0.482 e. The van der Waals surface area contributed by atoms with Gasteiger partial charge in [0.15, 0.2) is 11.6 Å². The molecule has 5 heterocycles. The molecule has 57 heavy (non-hydrogen) atoms. The molecule has 302 valence electrons. The van der Waals surface area contributed by atoms with Crippen molar-refractivity contribution in [3.63, 3.8) is 0 Å². The van der Waals surface area contributed by atoms with Crippen LogP contribution in [0.5, 0.6) is 5.75 Å². The van der Waals surface area contributed by atoms with Gasteiger partial charge in [0.25, 0.3) is 5.91 Å². The average Bonchev–Trinajstić information content (AvgIpc) is 3.82. The van der Waals surface area contributed by atoms with Gasteiger partial charge in [0.2, 0.25) is 11.8 Å². The van der Waals surface area contributed by atoms with Crippen molar-refractivity contribution in [1.29, 1.82) is 0 Å². The lowest BCUT2D eigenvalue weighted by Crippen LogP contribution is -2.52. The molecular formula is C42H49Cl2FN8O4. The van der Waals surface area contributed by atoms with Crippen molar-refractivity contribution < 1.29 is 23.5 Å². The first-order chi connectivity index (χ1) is 27.6. The van der Waals surface area contributed by atoms with Gasteiger partial charge in [0.05, 0.1) is 17.3 Å². The SMILES string of the molecule is CC(Oc1cc(-c2cnn(C3CCN(CCCCCCCCNc4cccc5c4CN(C4CCC(=O)NC4=O)C5=O)CC3)c2)cnc1N)c1c(Cl)ccc(F)c1Cl. The largest absolute Gasteiger partial charge is 0.482 e. The molecule has 12 nitrogen and oxygen atoms in total. The second-order valence-electron chi connectivity index (χ2n) is 15.2. The van der Waals surface area contributed by atoms with Crippen LogP contribution < -0.4 is 21.1 Å². The molecule has 7 rings (SSSR count). The quantitative estimate of drug-likeness (QED) is 0.0582. The maximum atomic E-state index is 14.1. The van der Waals surface area contributed by atoms with Gasteiger partial charge < -0.3 is 25.6 Å². The number of hydrogen-bond acceptors (Lipinski definition) is 9. The molecule has 3 amide bonds. The van der Waals surface area contributed by atoms with Crippen LogP contribution in [-0.2, 0) is 16.1 Å². The van der Waals surface area contributed by atoms with Crippen molar-refractivity contribution in [2.75, 3.05) is 37.2 Å². The lowest BCUT2D eigenvalue weighted by Gasteiger charge is -2.32. The van der Waals surface area contributed by atoms with E-state index in [1.807, 2.05) is 41.3 Å². The Morgan fingerprint density at radius 3 is 2.56 bits per heavy atom. The van der Waals surface area contributed by atoms with Crippen LogP contribution in [0.25, 0.3) is 11.1 Å². The van der Waals surface area contributed by atoms with Crippen LogP contribution in [-0.4, -0.2) is 74.5 Å². The third kappa shape index (κ3) is 9.37. The van der Waals surface area contributed by atoms with E-state index in [1.54, 1.807) is 18.0 Å². The van der Waals surface area contributed by atoms with Crippen LogP contribution in [0.1, 0.15) is 105 Å². The Bertz CT molecular complexity index is 2110. The van der Waals surface area contributed by atoms with Crippen molar-refractivity contribution in [3.05, 3.63) is 87.5 Å². The first kappa shape index (κ1) is 40.5. The summed E-state index contributed by atoms with van der Waals surface area (Å²) in [5.74, 6) is -0.839. The number of pyridine rings is 1. The number of nitrogens with two attached hydrogens (primary N) is 1. The molecular weight excluding hydrogens is 770 g/mol. The molecule has 15 heteroatoms. The van der Waals surface area contributed by atoms with Crippen LogP contribution >= 0.6 is 23.2 Å². The fourth-order valence-electron chi connectivity index (χ4n) is 8.11. The van der Waals surface area contributed by atoms with E-state index in [0.717, 1.165) is 74.2 Å². The number of carbonyl (C=O) groups excluding carboxylic acids is 3. The molecule has 0 saturated carbocycles. The number of rotatable bonds is 16. The predicted molar refractivity (Wildman–Crippen MR) is 219 cm³/mol. The monoisotopic (exact) mass is 818 g/mol. The van der Waals surface area contributed by atoms with Crippen LogP contribution in [0, 0.1) is 5.82 Å². The van der Waals surface area contributed by atoms with Gasteiger partial charge in [-0.05, 0) is 75.9 Å². The summed E-state index contributed by atoms with van der Waals surface area (Å²) in [4.78, 5) is 45.6. The summed E-state index contributed by atoms with van der Waals surface area (Å²) in [6.07, 6.45) is 14.5. The topological polar surface area (TPSA) is 148 Å². The minimum absolute atomic E-state index is 0.0833. The van der Waals surface area contributed by atoms with E-state index in [9.17, 15) is 18.8 Å². The van der Waals surface area contributed by atoms with Gasteiger partial charge in [-0.2, -0.15) is 5.10 Å². The van der Waals surface area contributed by atoms with E-state index >= 15 is 0 Å². The Balaban J connectivity index is 0.785. The third-order valence-electron chi connectivity index (χ3n) is 11.3. The number of halogens is 3. The van der Waals surface area contributed by atoms with Gasteiger partial charge in [-0.15, -0.1) is 0 Å². The number of benzene rings is 2. The Morgan fingerprint density at radius 1 is 1.00 bits per heavy atom. The molecule has 3 aliphatic rings. The van der Waals surface area contributed by atoms with Crippen LogP contribution in [0.15, 0.2) is 55.0 Å². The van der Waals surface area contributed by atoms with E-state index in [-0.39, 0.29) is 35.0 Å². The second-order valence-corrected chi connectivity index (χ2v) is 16.0. The number of aromatic nitrogens is 3. The Kier molecular flexibility index (Phi) is 13.0. The van der Waals surface area contributed by atoms with Crippen LogP contribution in [0.2, 0.25) is 10.0 Å². The molecule has 4 N–H and O–H groups in total. The highest BCUT2D eigenvalue weighted by Gasteiger charge is 2.39. The number of anilines is 2. The standard InChI is InChI=1S/C42H49Cl2FN8O4/c1-26(38-32(43)11-12-33(45)39(38)44)57-36-21-27(22-48-40(36)46)28-23-49-53(24-28)29-15-19-51(20-16-29)18-7-5-3-2-4-6-17-47-34-10-8-9-30-31(34)25-52(42(30)56)35-13-14-37(54)50-41(35)55/h8-12,21-24,26,29,35,47H,2-7,13-20,25H2,1H3,(H2,46,48)(H,50,54,55). The van der Waals surface area contributed by atoms with E-state index in [4.69, 9.17) is 38.8 Å². The molecule has 0 radical (unpaired) electrons. The predicted octanol–water partition coefficient (Wildman–Crippen LogP) is 7.96. The van der Waals surface area contributed by atoms with Gasteiger partial charge >= 0.3 is 0 Å². The molecule has 0 spiro atoms. The lowest BCUT2D eigenvalue weighted by atomic mass is 10.0. The van der Waals surface area contributed by atoms with Crippen LogP contribution in [0.3, 0.4) is 0 Å². The van der Waals surface area contributed by atoms with Crippen molar-refractivity contribution >= 4 is 52.4 Å².